The average molecular weight is 285 g/mol. The first-order valence-corrected chi connectivity index (χ1v) is 8.32. The molecular weight excluding hydrogens is 262 g/mol. The molecule has 108 valence electrons. The summed E-state index contributed by atoms with van der Waals surface area (Å²) >= 11 is 0. The molecule has 1 fully saturated rings. The molecule has 0 bridgehead atoms. The summed E-state index contributed by atoms with van der Waals surface area (Å²) in [6.07, 6.45) is 5.87. The molecule has 1 aromatic heterocycles. The summed E-state index contributed by atoms with van der Waals surface area (Å²) in [7, 11) is -1.62. The molecule has 1 atom stereocenters. The molecule has 3 N–H and O–H groups in total. The van der Waals surface area contributed by atoms with Crippen molar-refractivity contribution in [3.05, 3.63) is 18.0 Å². The quantitative estimate of drug-likeness (QED) is 0.793. The molecule has 0 spiro atoms. The molecule has 1 aliphatic rings. The zero-order valence-corrected chi connectivity index (χ0v) is 12.4. The summed E-state index contributed by atoms with van der Waals surface area (Å²) in [6.45, 7) is 2.36. The maximum absolute atomic E-state index is 12.3. The van der Waals surface area contributed by atoms with E-state index in [-0.39, 0.29) is 6.04 Å². The van der Waals surface area contributed by atoms with Gasteiger partial charge in [-0.2, -0.15) is 0 Å². The molecule has 5 nitrogen and oxygen atoms in total. The smallest absolute Gasteiger partial charge is 0.242 e. The lowest BCUT2D eigenvalue weighted by Crippen LogP contribution is -2.34. The summed E-state index contributed by atoms with van der Waals surface area (Å²) in [5.41, 5.74) is 6.39. The largest absolute Gasteiger partial charge is 0.352 e. The Morgan fingerprint density at radius 2 is 2.21 bits per heavy atom. The fourth-order valence-electron chi connectivity index (χ4n) is 2.27. The van der Waals surface area contributed by atoms with E-state index in [0.717, 1.165) is 18.5 Å². The molecule has 19 heavy (non-hydrogen) atoms. The summed E-state index contributed by atoms with van der Waals surface area (Å²) in [6, 6.07) is 1.69. The number of nitrogens with zero attached hydrogens (tertiary/aromatic N) is 1. The molecule has 6 heteroatoms. The molecular formula is C13H23N3O2S. The summed E-state index contributed by atoms with van der Waals surface area (Å²) in [5, 5.41) is 0. The number of rotatable bonds is 7. The number of nitrogens with two attached hydrogens (primary N) is 1. The van der Waals surface area contributed by atoms with Crippen LogP contribution in [-0.4, -0.2) is 19.0 Å². The third kappa shape index (κ3) is 3.58. The fraction of sp³-hybridized carbons (Fsp3) is 0.692. The lowest BCUT2D eigenvalue weighted by molar-refractivity contribution is 0.495. The Kier molecular flexibility index (Phi) is 4.32. The van der Waals surface area contributed by atoms with Gasteiger partial charge in [0.05, 0.1) is 4.90 Å². The van der Waals surface area contributed by atoms with Crippen LogP contribution in [0.3, 0.4) is 0 Å². The van der Waals surface area contributed by atoms with E-state index in [1.54, 1.807) is 16.8 Å². The van der Waals surface area contributed by atoms with E-state index in [2.05, 4.69) is 4.72 Å². The molecule has 1 unspecified atom stereocenters. The van der Waals surface area contributed by atoms with Crippen LogP contribution in [0.25, 0.3) is 0 Å². The topological polar surface area (TPSA) is 77.1 Å². The molecule has 1 saturated carbocycles. The van der Waals surface area contributed by atoms with Gasteiger partial charge < -0.3 is 10.3 Å². The van der Waals surface area contributed by atoms with Gasteiger partial charge in [0.1, 0.15) is 0 Å². The highest BCUT2D eigenvalue weighted by atomic mass is 32.2. The van der Waals surface area contributed by atoms with Crippen LogP contribution in [0.1, 0.15) is 38.3 Å². The second-order valence-corrected chi connectivity index (χ2v) is 7.10. The number of hydrogen-bond acceptors (Lipinski definition) is 3. The predicted molar refractivity (Wildman–Crippen MR) is 75.0 cm³/mol. The Hall–Kier alpha value is -0.850. The Balaban J connectivity index is 2.11. The number of sulfonamides is 1. The molecule has 0 amide bonds. The van der Waals surface area contributed by atoms with Crippen molar-refractivity contribution in [3.63, 3.8) is 0 Å². The molecule has 1 heterocycles. The maximum Gasteiger partial charge on any atom is 0.242 e. The predicted octanol–water partition coefficient (Wildman–Crippen LogP) is 1.34. The third-order valence-electron chi connectivity index (χ3n) is 3.73. The minimum atomic E-state index is -3.43. The number of aryl methyl sites for hydroxylation is 1. The summed E-state index contributed by atoms with van der Waals surface area (Å²) < 4.78 is 29.2. The lowest BCUT2D eigenvalue weighted by atomic mass is 10.1. The van der Waals surface area contributed by atoms with E-state index in [0.29, 0.717) is 17.4 Å². The summed E-state index contributed by atoms with van der Waals surface area (Å²) in [4.78, 5) is 0.310. The molecule has 1 aliphatic carbocycles. The van der Waals surface area contributed by atoms with E-state index < -0.39 is 10.0 Å². The van der Waals surface area contributed by atoms with Crippen molar-refractivity contribution in [1.29, 1.82) is 0 Å². The summed E-state index contributed by atoms with van der Waals surface area (Å²) in [5.74, 6) is 0.711. The zero-order valence-electron chi connectivity index (χ0n) is 11.6. The van der Waals surface area contributed by atoms with Crippen LogP contribution in [0, 0.1) is 5.92 Å². The van der Waals surface area contributed by atoms with Gasteiger partial charge in [0.25, 0.3) is 0 Å². The number of nitrogens with one attached hydrogen (secondary N) is 1. The monoisotopic (exact) mass is 285 g/mol. The molecule has 0 aromatic carbocycles. The van der Waals surface area contributed by atoms with Gasteiger partial charge in [-0.25, -0.2) is 13.1 Å². The van der Waals surface area contributed by atoms with Crippen LogP contribution < -0.4 is 10.5 Å². The van der Waals surface area contributed by atoms with E-state index >= 15 is 0 Å². The van der Waals surface area contributed by atoms with Gasteiger partial charge in [0, 0.05) is 31.5 Å². The lowest BCUT2D eigenvalue weighted by Gasteiger charge is -2.16. The van der Waals surface area contributed by atoms with Crippen LogP contribution in [0.15, 0.2) is 17.2 Å². The highest BCUT2D eigenvalue weighted by Gasteiger charge is 2.28. The van der Waals surface area contributed by atoms with Crippen LogP contribution in [0.4, 0.5) is 0 Å². The fourth-order valence-corrected chi connectivity index (χ4v) is 3.69. The third-order valence-corrected chi connectivity index (χ3v) is 5.22. The number of hydrogen-bond donors (Lipinski definition) is 2. The SMILES string of the molecule is CCC(CC1CC1)NS(=O)(=O)c1cc(CN)n(C)c1. The normalized spacial score (nSPS) is 17.6. The second-order valence-electron chi connectivity index (χ2n) is 5.39. The molecule has 2 rings (SSSR count). The van der Waals surface area contributed by atoms with E-state index in [4.69, 9.17) is 5.73 Å². The molecule has 0 saturated heterocycles. The minimum absolute atomic E-state index is 0.0408. The van der Waals surface area contributed by atoms with E-state index in [9.17, 15) is 8.42 Å². The van der Waals surface area contributed by atoms with Crippen LogP contribution in [0.5, 0.6) is 0 Å². The van der Waals surface area contributed by atoms with Gasteiger partial charge in [0.15, 0.2) is 0 Å². The molecule has 0 aliphatic heterocycles. The maximum atomic E-state index is 12.3. The van der Waals surface area contributed by atoms with Gasteiger partial charge >= 0.3 is 0 Å². The van der Waals surface area contributed by atoms with Crippen molar-refractivity contribution < 1.29 is 8.42 Å². The molecule has 1 aromatic rings. The van der Waals surface area contributed by atoms with Crippen LogP contribution in [0.2, 0.25) is 0 Å². The van der Waals surface area contributed by atoms with Gasteiger partial charge in [-0.05, 0) is 24.8 Å². The van der Waals surface area contributed by atoms with Crippen molar-refractivity contribution in [1.82, 2.24) is 9.29 Å². The van der Waals surface area contributed by atoms with Gasteiger partial charge in [-0.15, -0.1) is 0 Å². The molecule has 0 radical (unpaired) electrons. The minimum Gasteiger partial charge on any atom is -0.352 e. The van der Waals surface area contributed by atoms with E-state index in [1.807, 2.05) is 14.0 Å². The van der Waals surface area contributed by atoms with Gasteiger partial charge in [-0.3, -0.25) is 0 Å². The van der Waals surface area contributed by atoms with Crippen molar-refractivity contribution in [2.24, 2.45) is 18.7 Å². The second kappa shape index (κ2) is 5.64. The first kappa shape index (κ1) is 14.6. The Bertz CT molecular complexity index is 532. The first-order chi connectivity index (χ1) is 8.96. The number of aromatic nitrogens is 1. The average Bonchev–Trinajstić information content (AvgIpc) is 3.08. The zero-order chi connectivity index (χ0) is 14.0. The van der Waals surface area contributed by atoms with Gasteiger partial charge in [0.2, 0.25) is 10.0 Å². The van der Waals surface area contributed by atoms with Crippen LogP contribution in [-0.2, 0) is 23.6 Å². The Morgan fingerprint density at radius 1 is 1.53 bits per heavy atom. The van der Waals surface area contributed by atoms with Crippen molar-refractivity contribution >= 4 is 10.0 Å². The van der Waals surface area contributed by atoms with Crippen LogP contribution >= 0.6 is 0 Å². The standard InChI is InChI=1S/C13H23N3O2S/c1-3-11(6-10-4-5-10)15-19(17,18)13-7-12(8-14)16(2)9-13/h7,9-11,15H,3-6,8,14H2,1-2H3. The Morgan fingerprint density at radius 3 is 2.68 bits per heavy atom. The highest BCUT2D eigenvalue weighted by Crippen LogP contribution is 2.34. The van der Waals surface area contributed by atoms with Crippen molar-refractivity contribution in [2.75, 3.05) is 0 Å². The Labute approximate surface area is 115 Å². The first-order valence-electron chi connectivity index (χ1n) is 6.84. The van der Waals surface area contributed by atoms with Crippen molar-refractivity contribution in [2.45, 2.75) is 50.1 Å². The van der Waals surface area contributed by atoms with E-state index in [1.165, 1.54) is 12.8 Å². The van der Waals surface area contributed by atoms with Gasteiger partial charge in [-0.1, -0.05) is 19.8 Å². The highest BCUT2D eigenvalue weighted by molar-refractivity contribution is 7.89. The van der Waals surface area contributed by atoms with Crippen molar-refractivity contribution in [3.8, 4) is 0 Å².